The third-order valence-electron chi connectivity index (χ3n) is 2.88. The fraction of sp³-hybridized carbons (Fsp3) is 0.643. The molecule has 6 heteroatoms. The molecule has 0 saturated heterocycles. The number of hydrogen-bond donors (Lipinski definition) is 2. The van der Waals surface area contributed by atoms with E-state index in [0.717, 1.165) is 22.9 Å². The molecule has 114 valence electrons. The van der Waals surface area contributed by atoms with E-state index < -0.39 is 0 Å². The second-order valence-corrected chi connectivity index (χ2v) is 8.25. The van der Waals surface area contributed by atoms with Crippen molar-refractivity contribution in [1.29, 1.82) is 0 Å². The third kappa shape index (κ3) is 7.53. The number of rotatable bonds is 9. The van der Waals surface area contributed by atoms with Crippen molar-refractivity contribution >= 4 is 40.6 Å². The molecule has 0 spiro atoms. The van der Waals surface area contributed by atoms with Gasteiger partial charge >= 0.3 is 0 Å². The normalized spacial score (nSPS) is 11.6. The molecule has 1 heterocycles. The van der Waals surface area contributed by atoms with Crippen LogP contribution in [0.25, 0.3) is 0 Å². The number of aliphatic hydroxyl groups is 1. The molecular formula is C14H22ClNO2S2. The summed E-state index contributed by atoms with van der Waals surface area (Å²) in [5.41, 5.74) is 0.0321. The van der Waals surface area contributed by atoms with Gasteiger partial charge in [-0.05, 0) is 30.4 Å². The minimum atomic E-state index is 0.0321. The monoisotopic (exact) mass is 335 g/mol. The van der Waals surface area contributed by atoms with Gasteiger partial charge in [-0.3, -0.25) is 4.79 Å². The standard InChI is InChI=1S/C14H22ClNO2S2/c1-14(2,6-3-7-17)10-16-13(18)9-19-8-11-4-5-12(15)20-11/h4-5,17H,3,6-10H2,1-2H3,(H,16,18). The summed E-state index contributed by atoms with van der Waals surface area (Å²) < 4.78 is 0.788. The van der Waals surface area contributed by atoms with Gasteiger partial charge < -0.3 is 10.4 Å². The van der Waals surface area contributed by atoms with E-state index in [1.807, 2.05) is 12.1 Å². The number of aliphatic hydroxyl groups excluding tert-OH is 1. The lowest BCUT2D eigenvalue weighted by molar-refractivity contribution is -0.119. The molecule has 1 rings (SSSR count). The number of carbonyl (C=O) groups excluding carboxylic acids is 1. The van der Waals surface area contributed by atoms with Crippen LogP contribution in [-0.2, 0) is 10.5 Å². The number of carbonyl (C=O) groups is 1. The zero-order chi connectivity index (χ0) is 15.0. The van der Waals surface area contributed by atoms with E-state index in [-0.39, 0.29) is 17.9 Å². The average molecular weight is 336 g/mol. The van der Waals surface area contributed by atoms with Crippen LogP contribution in [0.1, 0.15) is 31.6 Å². The van der Waals surface area contributed by atoms with Crippen LogP contribution < -0.4 is 5.32 Å². The van der Waals surface area contributed by atoms with E-state index in [0.29, 0.717) is 12.3 Å². The minimum Gasteiger partial charge on any atom is -0.396 e. The van der Waals surface area contributed by atoms with Gasteiger partial charge in [-0.1, -0.05) is 25.4 Å². The maximum atomic E-state index is 11.8. The summed E-state index contributed by atoms with van der Waals surface area (Å²) in [5, 5.41) is 11.8. The number of nitrogens with one attached hydrogen (secondary N) is 1. The van der Waals surface area contributed by atoms with Gasteiger partial charge in [0, 0.05) is 23.8 Å². The van der Waals surface area contributed by atoms with Crippen molar-refractivity contribution in [3.8, 4) is 0 Å². The second-order valence-electron chi connectivity index (χ2n) is 5.47. The van der Waals surface area contributed by atoms with Crippen LogP contribution in [0, 0.1) is 5.41 Å². The quantitative estimate of drug-likeness (QED) is 0.725. The van der Waals surface area contributed by atoms with Gasteiger partial charge in [0.2, 0.25) is 5.91 Å². The topological polar surface area (TPSA) is 49.3 Å². The van der Waals surface area contributed by atoms with Crippen molar-refractivity contribution in [1.82, 2.24) is 5.32 Å². The van der Waals surface area contributed by atoms with Crippen LogP contribution in [0.5, 0.6) is 0 Å². The SMILES string of the molecule is CC(C)(CCCO)CNC(=O)CSCc1ccc(Cl)s1. The van der Waals surface area contributed by atoms with Crippen molar-refractivity contribution < 1.29 is 9.90 Å². The Balaban J connectivity index is 2.17. The number of thiophene rings is 1. The predicted octanol–water partition coefficient (Wildman–Crippen LogP) is 3.55. The van der Waals surface area contributed by atoms with E-state index in [2.05, 4.69) is 19.2 Å². The summed E-state index contributed by atoms with van der Waals surface area (Å²) in [5.74, 6) is 1.35. The highest BCUT2D eigenvalue weighted by Gasteiger charge is 2.18. The summed E-state index contributed by atoms with van der Waals surface area (Å²) in [7, 11) is 0. The Morgan fingerprint density at radius 3 is 2.85 bits per heavy atom. The predicted molar refractivity (Wildman–Crippen MR) is 88.6 cm³/mol. The van der Waals surface area contributed by atoms with Gasteiger partial charge in [0.05, 0.1) is 10.1 Å². The van der Waals surface area contributed by atoms with Crippen LogP contribution in [0.2, 0.25) is 4.34 Å². The van der Waals surface area contributed by atoms with Crippen LogP contribution >= 0.6 is 34.7 Å². The highest BCUT2D eigenvalue weighted by atomic mass is 35.5. The molecule has 1 aromatic heterocycles. The summed E-state index contributed by atoms with van der Waals surface area (Å²) in [4.78, 5) is 12.9. The van der Waals surface area contributed by atoms with E-state index >= 15 is 0 Å². The number of halogens is 1. The van der Waals surface area contributed by atoms with E-state index in [1.54, 1.807) is 23.1 Å². The Bertz CT molecular complexity index is 421. The molecule has 0 fully saturated rings. The fourth-order valence-electron chi connectivity index (χ4n) is 1.71. The van der Waals surface area contributed by atoms with E-state index in [9.17, 15) is 4.79 Å². The molecule has 0 atom stereocenters. The van der Waals surface area contributed by atoms with Gasteiger partial charge in [-0.25, -0.2) is 0 Å². The highest BCUT2D eigenvalue weighted by molar-refractivity contribution is 7.99. The lowest BCUT2D eigenvalue weighted by atomic mass is 9.88. The van der Waals surface area contributed by atoms with Gasteiger partial charge in [-0.2, -0.15) is 0 Å². The van der Waals surface area contributed by atoms with Gasteiger partial charge in [0.1, 0.15) is 0 Å². The first-order valence-electron chi connectivity index (χ1n) is 6.62. The number of hydrogen-bond acceptors (Lipinski definition) is 4. The summed E-state index contributed by atoms with van der Waals surface area (Å²) in [6.07, 6.45) is 1.68. The molecule has 0 aliphatic carbocycles. The lowest BCUT2D eigenvalue weighted by Gasteiger charge is -2.24. The molecule has 0 unspecified atom stereocenters. The molecule has 1 amide bonds. The van der Waals surface area contributed by atoms with Crippen LogP contribution in [0.4, 0.5) is 0 Å². The van der Waals surface area contributed by atoms with Crippen LogP contribution in [0.15, 0.2) is 12.1 Å². The summed E-state index contributed by atoms with van der Waals surface area (Å²) >= 11 is 9.01. The van der Waals surface area contributed by atoms with Gasteiger partial charge in [0.15, 0.2) is 0 Å². The van der Waals surface area contributed by atoms with Gasteiger partial charge in [-0.15, -0.1) is 23.1 Å². The minimum absolute atomic E-state index is 0.0321. The summed E-state index contributed by atoms with van der Waals surface area (Å²) in [6.45, 7) is 5.06. The fourth-order valence-corrected chi connectivity index (χ4v) is 3.76. The zero-order valence-electron chi connectivity index (χ0n) is 11.9. The first kappa shape index (κ1) is 17.8. The first-order chi connectivity index (χ1) is 9.43. The molecule has 20 heavy (non-hydrogen) atoms. The Labute approximate surface area is 134 Å². The molecule has 3 nitrogen and oxygen atoms in total. The molecule has 0 aromatic carbocycles. The molecule has 0 saturated carbocycles. The van der Waals surface area contributed by atoms with Crippen molar-refractivity contribution in [3.05, 3.63) is 21.3 Å². The largest absolute Gasteiger partial charge is 0.396 e. The van der Waals surface area contributed by atoms with Crippen LogP contribution in [0.3, 0.4) is 0 Å². The molecule has 0 bridgehead atoms. The number of thioether (sulfide) groups is 1. The molecular weight excluding hydrogens is 314 g/mol. The van der Waals surface area contributed by atoms with Gasteiger partial charge in [0.25, 0.3) is 0 Å². The first-order valence-corrected chi connectivity index (χ1v) is 8.97. The third-order valence-corrected chi connectivity index (χ3v) is 5.28. The molecule has 0 aliphatic rings. The molecule has 0 aliphatic heterocycles. The van der Waals surface area contributed by atoms with Crippen molar-refractivity contribution in [2.24, 2.45) is 5.41 Å². The maximum absolute atomic E-state index is 11.8. The van der Waals surface area contributed by atoms with Crippen molar-refractivity contribution in [2.45, 2.75) is 32.4 Å². The van der Waals surface area contributed by atoms with E-state index in [4.69, 9.17) is 16.7 Å². The Morgan fingerprint density at radius 1 is 1.50 bits per heavy atom. The van der Waals surface area contributed by atoms with E-state index in [1.165, 1.54) is 4.88 Å². The molecule has 0 radical (unpaired) electrons. The highest BCUT2D eigenvalue weighted by Crippen LogP contribution is 2.25. The van der Waals surface area contributed by atoms with Crippen molar-refractivity contribution in [3.63, 3.8) is 0 Å². The summed E-state index contributed by atoms with van der Waals surface area (Å²) in [6, 6.07) is 3.88. The Hall–Kier alpha value is -0.230. The van der Waals surface area contributed by atoms with Crippen molar-refractivity contribution in [2.75, 3.05) is 18.9 Å². The molecule has 1 aromatic rings. The smallest absolute Gasteiger partial charge is 0.230 e. The Morgan fingerprint density at radius 2 is 2.25 bits per heavy atom. The van der Waals surface area contributed by atoms with Crippen LogP contribution in [-0.4, -0.2) is 29.9 Å². The maximum Gasteiger partial charge on any atom is 0.230 e. The Kier molecular flexibility index (Phi) is 7.95. The average Bonchev–Trinajstić information content (AvgIpc) is 2.80. The number of amides is 1. The second kappa shape index (κ2) is 8.93. The molecule has 2 N–H and O–H groups in total. The lowest BCUT2D eigenvalue weighted by Crippen LogP contribution is -2.35. The zero-order valence-corrected chi connectivity index (χ0v) is 14.3.